The van der Waals surface area contributed by atoms with Gasteiger partial charge in [0.05, 0.1) is 12.8 Å². The number of carbonyl (C=O) groups excluding carboxylic acids is 1. The van der Waals surface area contributed by atoms with Gasteiger partial charge in [-0.2, -0.15) is 10.1 Å². The van der Waals surface area contributed by atoms with Crippen LogP contribution < -0.4 is 4.74 Å². The van der Waals surface area contributed by atoms with Crippen LogP contribution in [0.3, 0.4) is 0 Å². The van der Waals surface area contributed by atoms with Crippen LogP contribution in [-0.2, 0) is 24.0 Å². The zero-order valence-corrected chi connectivity index (χ0v) is 20.1. The van der Waals surface area contributed by atoms with Gasteiger partial charge in [-0.25, -0.2) is 0 Å². The van der Waals surface area contributed by atoms with Gasteiger partial charge in [0.1, 0.15) is 11.4 Å². The van der Waals surface area contributed by atoms with E-state index in [2.05, 4.69) is 26.4 Å². The summed E-state index contributed by atoms with van der Waals surface area (Å²) in [6, 6.07) is 6.05. The van der Waals surface area contributed by atoms with Crippen LogP contribution in [-0.4, -0.2) is 64.6 Å². The number of methoxy groups -OCH3 is 1. The van der Waals surface area contributed by atoms with Crippen LogP contribution in [0.5, 0.6) is 5.75 Å². The Morgan fingerprint density at radius 1 is 1.23 bits per heavy atom. The van der Waals surface area contributed by atoms with Crippen molar-refractivity contribution in [1.82, 2.24) is 25.2 Å². The third-order valence-corrected chi connectivity index (χ3v) is 7.63. The normalized spacial score (nSPS) is 20.4. The average Bonchev–Trinajstić information content (AvgIpc) is 3.56. The number of aryl methyl sites for hydroxylation is 1. The van der Waals surface area contributed by atoms with E-state index in [4.69, 9.17) is 14.0 Å². The standard InChI is InChI=1S/C26H31N5O4/c1-33-19-5-7-20-18(14-19)4-6-21-23(20)28-29-24(21)26(32)31-10-2-3-16(15-31)13-22-27-25(30-35-22)17-8-11-34-12-9-17/h5,7,14,16-17H,2-4,6,8-13,15H2,1H3,(H,28,29). The summed E-state index contributed by atoms with van der Waals surface area (Å²) in [7, 11) is 1.68. The smallest absolute Gasteiger partial charge is 0.272 e. The van der Waals surface area contributed by atoms with Crippen molar-refractivity contribution in [3.8, 4) is 17.0 Å². The molecule has 3 aromatic rings. The quantitative estimate of drug-likeness (QED) is 0.599. The largest absolute Gasteiger partial charge is 0.497 e. The lowest BCUT2D eigenvalue weighted by atomic mass is 9.88. The Labute approximate surface area is 204 Å². The highest BCUT2D eigenvalue weighted by Gasteiger charge is 2.31. The van der Waals surface area contributed by atoms with Gasteiger partial charge in [0, 0.05) is 49.8 Å². The molecule has 2 aromatic heterocycles. The van der Waals surface area contributed by atoms with E-state index in [0.717, 1.165) is 86.7 Å². The Hall–Kier alpha value is -3.20. The Kier molecular flexibility index (Phi) is 6.01. The summed E-state index contributed by atoms with van der Waals surface area (Å²) >= 11 is 0. The minimum absolute atomic E-state index is 0.0360. The SMILES string of the molecule is COc1ccc2c(c1)CCc1c-2n[nH]c1C(=O)N1CCCC(Cc2nc(C3CCOCC3)no2)C1. The first-order valence-corrected chi connectivity index (χ1v) is 12.6. The third kappa shape index (κ3) is 4.33. The number of nitrogens with one attached hydrogen (secondary N) is 1. The van der Waals surface area contributed by atoms with E-state index in [9.17, 15) is 4.79 Å². The van der Waals surface area contributed by atoms with Crippen molar-refractivity contribution in [3.63, 3.8) is 0 Å². The number of nitrogens with zero attached hydrogens (tertiary/aromatic N) is 4. The van der Waals surface area contributed by atoms with Crippen LogP contribution in [0.1, 0.15) is 64.9 Å². The lowest BCUT2D eigenvalue weighted by Gasteiger charge is -2.32. The molecule has 9 heteroatoms. The summed E-state index contributed by atoms with van der Waals surface area (Å²) < 4.78 is 16.4. The highest BCUT2D eigenvalue weighted by molar-refractivity contribution is 5.96. The van der Waals surface area contributed by atoms with Gasteiger partial charge in [0.15, 0.2) is 5.82 Å². The first-order valence-electron chi connectivity index (χ1n) is 12.6. The van der Waals surface area contributed by atoms with Crippen molar-refractivity contribution >= 4 is 5.91 Å². The Morgan fingerprint density at radius 2 is 2.11 bits per heavy atom. The number of benzene rings is 1. The van der Waals surface area contributed by atoms with E-state index in [-0.39, 0.29) is 5.91 Å². The number of aromatic amines is 1. The van der Waals surface area contributed by atoms with Gasteiger partial charge < -0.3 is 18.9 Å². The molecule has 1 aromatic carbocycles. The van der Waals surface area contributed by atoms with Crippen molar-refractivity contribution in [2.45, 2.75) is 50.9 Å². The van der Waals surface area contributed by atoms with E-state index in [1.165, 1.54) is 5.56 Å². The summed E-state index contributed by atoms with van der Waals surface area (Å²) in [6.45, 7) is 2.96. The lowest BCUT2D eigenvalue weighted by Crippen LogP contribution is -2.41. The van der Waals surface area contributed by atoms with Crippen molar-refractivity contribution in [3.05, 3.63) is 46.7 Å². The number of fused-ring (bicyclic) bond motifs is 3. The van der Waals surface area contributed by atoms with E-state index < -0.39 is 0 Å². The fraction of sp³-hybridized carbons (Fsp3) is 0.538. The third-order valence-electron chi connectivity index (χ3n) is 7.63. The van der Waals surface area contributed by atoms with Crippen molar-refractivity contribution in [2.75, 3.05) is 33.4 Å². The van der Waals surface area contributed by atoms with Gasteiger partial charge in [-0.1, -0.05) is 5.16 Å². The van der Waals surface area contributed by atoms with E-state index >= 15 is 0 Å². The predicted molar refractivity (Wildman–Crippen MR) is 127 cm³/mol. The highest BCUT2D eigenvalue weighted by Crippen LogP contribution is 2.36. The van der Waals surface area contributed by atoms with Gasteiger partial charge in [0.2, 0.25) is 5.89 Å². The van der Waals surface area contributed by atoms with Gasteiger partial charge in [-0.15, -0.1) is 0 Å². The first-order chi connectivity index (χ1) is 17.2. The predicted octanol–water partition coefficient (Wildman–Crippen LogP) is 3.56. The van der Waals surface area contributed by atoms with E-state index in [0.29, 0.717) is 36.4 Å². The minimum Gasteiger partial charge on any atom is -0.497 e. The number of rotatable bonds is 5. The molecule has 1 aliphatic carbocycles. The fourth-order valence-corrected chi connectivity index (χ4v) is 5.70. The number of aromatic nitrogens is 4. The number of hydrogen-bond acceptors (Lipinski definition) is 7. The van der Waals surface area contributed by atoms with Crippen LogP contribution in [0.2, 0.25) is 0 Å². The van der Waals surface area contributed by atoms with Crippen LogP contribution in [0.15, 0.2) is 22.7 Å². The molecule has 0 saturated carbocycles. The molecule has 0 radical (unpaired) electrons. The van der Waals surface area contributed by atoms with Crippen molar-refractivity contribution in [2.24, 2.45) is 5.92 Å². The molecule has 2 aliphatic heterocycles. The molecule has 1 amide bonds. The zero-order valence-electron chi connectivity index (χ0n) is 20.1. The van der Waals surface area contributed by atoms with Crippen molar-refractivity contribution in [1.29, 1.82) is 0 Å². The lowest BCUT2D eigenvalue weighted by molar-refractivity contribution is 0.0661. The second-order valence-electron chi connectivity index (χ2n) is 9.85. The molecule has 1 unspecified atom stereocenters. The molecule has 0 bridgehead atoms. The molecule has 9 nitrogen and oxygen atoms in total. The van der Waals surface area contributed by atoms with Gasteiger partial charge >= 0.3 is 0 Å². The zero-order chi connectivity index (χ0) is 23.8. The Bertz CT molecular complexity index is 1210. The number of hydrogen-bond donors (Lipinski definition) is 1. The maximum Gasteiger partial charge on any atom is 0.272 e. The number of ether oxygens (including phenoxy) is 2. The molecule has 3 aliphatic rings. The summed E-state index contributed by atoms with van der Waals surface area (Å²) in [5, 5.41) is 11.8. The molecule has 1 atom stereocenters. The number of amides is 1. The highest BCUT2D eigenvalue weighted by atomic mass is 16.5. The maximum absolute atomic E-state index is 13.5. The Balaban J connectivity index is 1.14. The van der Waals surface area contributed by atoms with Gasteiger partial charge in [-0.05, 0) is 68.2 Å². The summed E-state index contributed by atoms with van der Waals surface area (Å²) in [6.07, 6.45) is 6.27. The topological polar surface area (TPSA) is 106 Å². The molecule has 35 heavy (non-hydrogen) atoms. The summed E-state index contributed by atoms with van der Waals surface area (Å²) in [5.74, 6) is 2.99. The second-order valence-corrected chi connectivity index (χ2v) is 9.85. The monoisotopic (exact) mass is 477 g/mol. The fourth-order valence-electron chi connectivity index (χ4n) is 5.70. The molecule has 0 spiro atoms. The van der Waals surface area contributed by atoms with Gasteiger partial charge in [0.25, 0.3) is 5.91 Å². The first kappa shape index (κ1) is 22.3. The van der Waals surface area contributed by atoms with Crippen molar-refractivity contribution < 1.29 is 18.8 Å². The number of H-pyrrole nitrogens is 1. The van der Waals surface area contributed by atoms with E-state index in [1.54, 1.807) is 7.11 Å². The van der Waals surface area contributed by atoms with E-state index in [1.807, 2.05) is 17.0 Å². The molecule has 1 N–H and O–H groups in total. The second kappa shape index (κ2) is 9.45. The summed E-state index contributed by atoms with van der Waals surface area (Å²) in [4.78, 5) is 20.2. The molecule has 4 heterocycles. The molecule has 2 fully saturated rings. The minimum atomic E-state index is 0.0360. The molecular formula is C26H31N5O4. The molecule has 2 saturated heterocycles. The van der Waals surface area contributed by atoms with Crippen LogP contribution in [0.4, 0.5) is 0 Å². The molecule has 6 rings (SSSR count). The molecular weight excluding hydrogens is 446 g/mol. The number of likely N-dealkylation sites (tertiary alicyclic amines) is 1. The Morgan fingerprint density at radius 3 is 2.97 bits per heavy atom. The number of carbonyl (C=O) groups is 1. The van der Waals surface area contributed by atoms with Crippen LogP contribution in [0.25, 0.3) is 11.3 Å². The maximum atomic E-state index is 13.5. The van der Waals surface area contributed by atoms with Gasteiger partial charge in [-0.3, -0.25) is 9.89 Å². The number of piperidine rings is 1. The van der Waals surface area contributed by atoms with Crippen LogP contribution in [0, 0.1) is 5.92 Å². The average molecular weight is 478 g/mol. The molecule has 184 valence electrons. The van der Waals surface area contributed by atoms with Crippen LogP contribution >= 0.6 is 0 Å². The summed E-state index contributed by atoms with van der Waals surface area (Å²) in [5.41, 5.74) is 4.82.